The van der Waals surface area contributed by atoms with Crippen LogP contribution in [0.4, 0.5) is 0 Å². The second-order valence-electron chi connectivity index (χ2n) is 2.71. The quantitative estimate of drug-likeness (QED) is 0.789. The maximum atomic E-state index is 5.34. The Morgan fingerprint density at radius 1 is 1.42 bits per heavy atom. The van der Waals surface area contributed by atoms with E-state index in [-0.39, 0.29) is 0 Å². The lowest BCUT2D eigenvalue weighted by molar-refractivity contribution is 0.479. The van der Waals surface area contributed by atoms with Gasteiger partial charge in [0.05, 0.1) is 0 Å². The van der Waals surface area contributed by atoms with E-state index in [2.05, 4.69) is 28.2 Å². The summed E-state index contributed by atoms with van der Waals surface area (Å²) in [6, 6.07) is 3.92. The van der Waals surface area contributed by atoms with Gasteiger partial charge in [-0.15, -0.1) is 0 Å². The highest BCUT2D eigenvalue weighted by Gasteiger charge is 1.97. The van der Waals surface area contributed by atoms with Crippen LogP contribution < -0.4 is 5.32 Å². The van der Waals surface area contributed by atoms with Gasteiger partial charge in [-0.05, 0) is 41.0 Å². The first kappa shape index (κ1) is 9.81. The molecule has 12 heavy (non-hydrogen) atoms. The van der Waals surface area contributed by atoms with Crippen LogP contribution in [0.5, 0.6) is 0 Å². The molecule has 0 spiro atoms. The lowest BCUT2D eigenvalue weighted by atomic mass is 10.3. The average Bonchev–Trinajstić information content (AvgIpc) is 2.45. The van der Waals surface area contributed by atoms with Gasteiger partial charge in [-0.25, -0.2) is 0 Å². The van der Waals surface area contributed by atoms with Crippen molar-refractivity contribution in [3.8, 4) is 0 Å². The Labute approximate surface area is 81.5 Å². The molecule has 1 aromatic heterocycles. The Bertz CT molecular complexity index is 222. The first-order chi connectivity index (χ1) is 5.83. The largest absolute Gasteiger partial charge is 0.454 e. The van der Waals surface area contributed by atoms with Gasteiger partial charge in [-0.3, -0.25) is 0 Å². The predicted octanol–water partition coefficient (Wildman–Crippen LogP) is 2.58. The SMILES string of the molecule is CCCNCCc1ccc(Br)o1. The molecule has 1 rings (SSSR count). The van der Waals surface area contributed by atoms with Gasteiger partial charge >= 0.3 is 0 Å². The minimum absolute atomic E-state index is 0.813. The molecule has 0 aromatic carbocycles. The summed E-state index contributed by atoms with van der Waals surface area (Å²) in [5, 5.41) is 3.32. The second-order valence-corrected chi connectivity index (χ2v) is 3.49. The zero-order valence-electron chi connectivity index (χ0n) is 7.27. The summed E-state index contributed by atoms with van der Waals surface area (Å²) in [4.78, 5) is 0. The molecule has 2 nitrogen and oxygen atoms in total. The van der Waals surface area contributed by atoms with Crippen LogP contribution in [0, 0.1) is 0 Å². The Morgan fingerprint density at radius 2 is 2.25 bits per heavy atom. The topological polar surface area (TPSA) is 25.2 Å². The van der Waals surface area contributed by atoms with Crippen molar-refractivity contribution in [3.05, 3.63) is 22.6 Å². The molecule has 0 fully saturated rings. The van der Waals surface area contributed by atoms with Crippen LogP contribution in [0.15, 0.2) is 21.2 Å². The lowest BCUT2D eigenvalue weighted by Gasteiger charge is -1.99. The van der Waals surface area contributed by atoms with Crippen molar-refractivity contribution in [3.63, 3.8) is 0 Å². The maximum absolute atomic E-state index is 5.34. The molecule has 0 aliphatic carbocycles. The molecule has 68 valence electrons. The van der Waals surface area contributed by atoms with Crippen molar-refractivity contribution in [2.75, 3.05) is 13.1 Å². The van der Waals surface area contributed by atoms with E-state index in [1.54, 1.807) is 0 Å². The summed E-state index contributed by atoms with van der Waals surface area (Å²) >= 11 is 3.27. The molecule has 0 aliphatic rings. The minimum Gasteiger partial charge on any atom is -0.454 e. The van der Waals surface area contributed by atoms with E-state index in [1.807, 2.05) is 12.1 Å². The van der Waals surface area contributed by atoms with Crippen LogP contribution in [0.3, 0.4) is 0 Å². The first-order valence-electron chi connectivity index (χ1n) is 4.28. The smallest absolute Gasteiger partial charge is 0.169 e. The van der Waals surface area contributed by atoms with E-state index in [0.29, 0.717) is 0 Å². The summed E-state index contributed by atoms with van der Waals surface area (Å²) in [6.07, 6.45) is 2.15. The summed E-state index contributed by atoms with van der Waals surface area (Å²) in [5.41, 5.74) is 0. The monoisotopic (exact) mass is 231 g/mol. The van der Waals surface area contributed by atoms with Crippen LogP contribution in [0.1, 0.15) is 19.1 Å². The summed E-state index contributed by atoms with van der Waals surface area (Å²) in [5.74, 6) is 1.03. The fourth-order valence-electron chi connectivity index (χ4n) is 0.999. The van der Waals surface area contributed by atoms with Crippen LogP contribution >= 0.6 is 15.9 Å². The van der Waals surface area contributed by atoms with Gasteiger partial charge in [0.1, 0.15) is 5.76 Å². The third kappa shape index (κ3) is 3.41. The highest BCUT2D eigenvalue weighted by molar-refractivity contribution is 9.10. The molecule has 1 heterocycles. The molecule has 3 heteroatoms. The molecule has 0 aliphatic heterocycles. The summed E-state index contributed by atoms with van der Waals surface area (Å²) in [6.45, 7) is 4.24. The van der Waals surface area contributed by atoms with Crippen molar-refractivity contribution < 1.29 is 4.42 Å². The van der Waals surface area contributed by atoms with Crippen molar-refractivity contribution in [1.29, 1.82) is 0 Å². The fraction of sp³-hybridized carbons (Fsp3) is 0.556. The van der Waals surface area contributed by atoms with Gasteiger partial charge < -0.3 is 9.73 Å². The molecule has 0 atom stereocenters. The molecule has 0 bridgehead atoms. The molecule has 0 saturated heterocycles. The summed E-state index contributed by atoms with van der Waals surface area (Å²) in [7, 11) is 0. The van der Waals surface area contributed by atoms with Gasteiger partial charge in [-0.2, -0.15) is 0 Å². The van der Waals surface area contributed by atoms with Gasteiger partial charge in [0, 0.05) is 13.0 Å². The Kier molecular flexibility index (Phi) is 4.40. The normalized spacial score (nSPS) is 10.5. The molecule has 0 radical (unpaired) electrons. The van der Waals surface area contributed by atoms with E-state index in [0.717, 1.165) is 29.9 Å². The molecular weight excluding hydrogens is 218 g/mol. The van der Waals surface area contributed by atoms with E-state index in [1.165, 1.54) is 6.42 Å². The minimum atomic E-state index is 0.813. The average molecular weight is 232 g/mol. The van der Waals surface area contributed by atoms with Gasteiger partial charge in [-0.1, -0.05) is 6.92 Å². The van der Waals surface area contributed by atoms with E-state index < -0.39 is 0 Å². The highest BCUT2D eigenvalue weighted by atomic mass is 79.9. The number of rotatable bonds is 5. The summed E-state index contributed by atoms with van der Waals surface area (Å²) < 4.78 is 6.15. The van der Waals surface area contributed by atoms with Gasteiger partial charge in [0.2, 0.25) is 0 Å². The number of hydrogen-bond donors (Lipinski definition) is 1. The zero-order chi connectivity index (χ0) is 8.81. The molecule has 0 amide bonds. The second kappa shape index (κ2) is 5.38. The lowest BCUT2D eigenvalue weighted by Crippen LogP contribution is -2.17. The number of nitrogens with one attached hydrogen (secondary N) is 1. The predicted molar refractivity (Wildman–Crippen MR) is 53.3 cm³/mol. The van der Waals surface area contributed by atoms with Crippen LogP contribution in [-0.2, 0) is 6.42 Å². The van der Waals surface area contributed by atoms with E-state index in [9.17, 15) is 0 Å². The molecular formula is C9H14BrNO. The fourth-order valence-corrected chi connectivity index (χ4v) is 1.34. The van der Waals surface area contributed by atoms with Crippen molar-refractivity contribution in [2.24, 2.45) is 0 Å². The molecule has 0 unspecified atom stereocenters. The standard InChI is InChI=1S/C9H14BrNO/c1-2-6-11-7-5-8-3-4-9(10)12-8/h3-4,11H,2,5-7H2,1H3. The van der Waals surface area contributed by atoms with Crippen molar-refractivity contribution in [2.45, 2.75) is 19.8 Å². The van der Waals surface area contributed by atoms with Crippen molar-refractivity contribution >= 4 is 15.9 Å². The van der Waals surface area contributed by atoms with Gasteiger partial charge in [0.25, 0.3) is 0 Å². The van der Waals surface area contributed by atoms with Crippen molar-refractivity contribution in [1.82, 2.24) is 5.32 Å². The number of halogens is 1. The molecule has 1 aromatic rings. The first-order valence-corrected chi connectivity index (χ1v) is 5.07. The van der Waals surface area contributed by atoms with Crippen LogP contribution in [-0.4, -0.2) is 13.1 Å². The zero-order valence-corrected chi connectivity index (χ0v) is 8.86. The van der Waals surface area contributed by atoms with E-state index in [4.69, 9.17) is 4.42 Å². The number of furan rings is 1. The third-order valence-electron chi connectivity index (χ3n) is 1.60. The third-order valence-corrected chi connectivity index (χ3v) is 2.03. The van der Waals surface area contributed by atoms with E-state index >= 15 is 0 Å². The molecule has 0 saturated carbocycles. The maximum Gasteiger partial charge on any atom is 0.169 e. The number of hydrogen-bond acceptors (Lipinski definition) is 2. The Morgan fingerprint density at radius 3 is 2.83 bits per heavy atom. The van der Waals surface area contributed by atoms with Crippen LogP contribution in [0.25, 0.3) is 0 Å². The van der Waals surface area contributed by atoms with Gasteiger partial charge in [0.15, 0.2) is 4.67 Å². The van der Waals surface area contributed by atoms with Crippen LogP contribution in [0.2, 0.25) is 0 Å². The highest BCUT2D eigenvalue weighted by Crippen LogP contribution is 2.13. The Hall–Kier alpha value is -0.280. The Balaban J connectivity index is 2.15. The molecule has 1 N–H and O–H groups in total.